The number of rotatable bonds is 6. The Labute approximate surface area is 127 Å². The van der Waals surface area contributed by atoms with Crippen molar-refractivity contribution in [1.29, 1.82) is 0 Å². The van der Waals surface area contributed by atoms with Crippen LogP contribution in [0.2, 0.25) is 0 Å². The molecule has 0 aliphatic carbocycles. The van der Waals surface area contributed by atoms with Gasteiger partial charge in [-0.25, -0.2) is 0 Å². The van der Waals surface area contributed by atoms with E-state index in [1.54, 1.807) is 5.56 Å². The van der Waals surface area contributed by atoms with Crippen LogP contribution < -0.4 is 5.32 Å². The number of likely N-dealkylation sites (tertiary alicyclic amines) is 1. The standard InChI is InChI=1S/C17H26N2S/c1-2-9-18-11-15-6-5-10-19(15)12-14-13-20-17-8-4-3-7-16(14)17/h3-4,7-8,14-15,18H,2,5-6,9-13H2,1H3. The summed E-state index contributed by atoms with van der Waals surface area (Å²) in [5.74, 6) is 2.01. The number of thioether (sulfide) groups is 1. The Morgan fingerprint density at radius 3 is 3.15 bits per heavy atom. The highest BCUT2D eigenvalue weighted by atomic mass is 32.2. The highest BCUT2D eigenvalue weighted by Gasteiger charge is 2.30. The molecular weight excluding hydrogens is 264 g/mol. The highest BCUT2D eigenvalue weighted by molar-refractivity contribution is 7.99. The Kier molecular flexibility index (Phi) is 5.03. The molecule has 3 rings (SSSR count). The minimum atomic E-state index is 0.739. The fourth-order valence-corrected chi connectivity index (χ4v) is 4.72. The Bertz CT molecular complexity index is 435. The van der Waals surface area contributed by atoms with Crippen molar-refractivity contribution in [3.8, 4) is 0 Å². The van der Waals surface area contributed by atoms with Crippen molar-refractivity contribution >= 4 is 11.8 Å². The zero-order valence-corrected chi connectivity index (χ0v) is 13.3. The summed E-state index contributed by atoms with van der Waals surface area (Å²) < 4.78 is 0. The SMILES string of the molecule is CCCNCC1CCCN1CC1CSc2ccccc21. The van der Waals surface area contributed by atoms with Crippen LogP contribution in [0.15, 0.2) is 29.2 Å². The van der Waals surface area contributed by atoms with E-state index in [0.717, 1.165) is 18.5 Å². The molecule has 1 fully saturated rings. The molecule has 2 atom stereocenters. The lowest BCUT2D eigenvalue weighted by atomic mass is 10.0. The summed E-state index contributed by atoms with van der Waals surface area (Å²) in [6, 6.07) is 9.74. The Balaban J connectivity index is 1.57. The first kappa shape index (κ1) is 14.4. The first-order chi connectivity index (χ1) is 9.88. The lowest BCUT2D eigenvalue weighted by Gasteiger charge is -2.27. The molecule has 1 saturated heterocycles. The largest absolute Gasteiger partial charge is 0.315 e. The summed E-state index contributed by atoms with van der Waals surface area (Å²) in [4.78, 5) is 4.24. The van der Waals surface area contributed by atoms with E-state index in [-0.39, 0.29) is 0 Å². The average molecular weight is 290 g/mol. The van der Waals surface area contributed by atoms with E-state index in [4.69, 9.17) is 0 Å². The van der Waals surface area contributed by atoms with Crippen molar-refractivity contribution in [2.75, 3.05) is 31.9 Å². The van der Waals surface area contributed by atoms with Crippen LogP contribution in [0.3, 0.4) is 0 Å². The van der Waals surface area contributed by atoms with Gasteiger partial charge in [-0.1, -0.05) is 25.1 Å². The van der Waals surface area contributed by atoms with Crippen LogP contribution in [0.1, 0.15) is 37.7 Å². The third-order valence-electron chi connectivity index (χ3n) is 4.56. The maximum Gasteiger partial charge on any atom is 0.0221 e. The minimum Gasteiger partial charge on any atom is -0.315 e. The zero-order valence-electron chi connectivity index (χ0n) is 12.5. The fraction of sp³-hybridized carbons (Fsp3) is 0.647. The van der Waals surface area contributed by atoms with E-state index in [2.05, 4.69) is 41.4 Å². The van der Waals surface area contributed by atoms with E-state index in [1.807, 2.05) is 11.8 Å². The van der Waals surface area contributed by atoms with Crippen LogP contribution in [0.25, 0.3) is 0 Å². The van der Waals surface area contributed by atoms with Crippen LogP contribution >= 0.6 is 11.8 Å². The van der Waals surface area contributed by atoms with Crippen LogP contribution in [0.5, 0.6) is 0 Å². The van der Waals surface area contributed by atoms with Crippen LogP contribution in [0, 0.1) is 0 Å². The molecule has 3 heteroatoms. The fourth-order valence-electron chi connectivity index (χ4n) is 3.48. The van der Waals surface area contributed by atoms with Gasteiger partial charge in [0.25, 0.3) is 0 Å². The van der Waals surface area contributed by atoms with Crippen LogP contribution in [-0.2, 0) is 0 Å². The predicted molar refractivity (Wildman–Crippen MR) is 87.7 cm³/mol. The molecule has 2 unspecified atom stereocenters. The second kappa shape index (κ2) is 6.97. The summed E-state index contributed by atoms with van der Waals surface area (Å²) >= 11 is 2.04. The van der Waals surface area contributed by atoms with Crippen molar-refractivity contribution in [3.63, 3.8) is 0 Å². The minimum absolute atomic E-state index is 0.739. The predicted octanol–water partition coefficient (Wildman–Crippen LogP) is 3.34. The van der Waals surface area contributed by atoms with E-state index in [9.17, 15) is 0 Å². The first-order valence-electron chi connectivity index (χ1n) is 8.05. The first-order valence-corrected chi connectivity index (χ1v) is 9.03. The van der Waals surface area contributed by atoms with Gasteiger partial charge in [-0.2, -0.15) is 0 Å². The number of nitrogens with zero attached hydrogens (tertiary/aromatic N) is 1. The molecule has 0 aromatic heterocycles. The van der Waals surface area contributed by atoms with Crippen LogP contribution in [-0.4, -0.2) is 42.9 Å². The third-order valence-corrected chi connectivity index (χ3v) is 5.81. The maximum atomic E-state index is 3.60. The van der Waals surface area contributed by atoms with Gasteiger partial charge in [-0.15, -0.1) is 11.8 Å². The van der Waals surface area contributed by atoms with Crippen molar-refractivity contribution in [2.24, 2.45) is 0 Å². The van der Waals surface area contributed by atoms with E-state index >= 15 is 0 Å². The molecule has 2 nitrogen and oxygen atoms in total. The maximum absolute atomic E-state index is 3.60. The highest BCUT2D eigenvalue weighted by Crippen LogP contribution is 2.40. The van der Waals surface area contributed by atoms with Gasteiger partial charge < -0.3 is 5.32 Å². The van der Waals surface area contributed by atoms with Gasteiger partial charge in [-0.3, -0.25) is 4.90 Å². The molecule has 2 heterocycles. The molecule has 1 aromatic rings. The van der Waals surface area contributed by atoms with Gasteiger partial charge in [0.05, 0.1) is 0 Å². The molecule has 110 valence electrons. The Morgan fingerprint density at radius 1 is 1.35 bits per heavy atom. The Morgan fingerprint density at radius 2 is 2.25 bits per heavy atom. The van der Waals surface area contributed by atoms with Gasteiger partial charge in [-0.05, 0) is 44.0 Å². The summed E-state index contributed by atoms with van der Waals surface area (Å²) in [5.41, 5.74) is 1.59. The summed E-state index contributed by atoms with van der Waals surface area (Å²) in [6.45, 7) is 7.12. The monoisotopic (exact) mass is 290 g/mol. The molecule has 2 aliphatic rings. The topological polar surface area (TPSA) is 15.3 Å². The lowest BCUT2D eigenvalue weighted by Crippen LogP contribution is -2.40. The van der Waals surface area contributed by atoms with E-state index < -0.39 is 0 Å². The summed E-state index contributed by atoms with van der Waals surface area (Å²) in [7, 11) is 0. The molecule has 0 amide bonds. The van der Waals surface area contributed by atoms with Gasteiger partial charge in [0.15, 0.2) is 0 Å². The Hall–Kier alpha value is -0.510. The van der Waals surface area contributed by atoms with Crippen molar-refractivity contribution in [1.82, 2.24) is 10.2 Å². The van der Waals surface area contributed by atoms with E-state index in [0.29, 0.717) is 0 Å². The number of benzene rings is 1. The van der Waals surface area contributed by atoms with Gasteiger partial charge in [0.2, 0.25) is 0 Å². The average Bonchev–Trinajstić information content (AvgIpc) is 3.08. The summed E-state index contributed by atoms with van der Waals surface area (Å²) in [6.07, 6.45) is 3.98. The zero-order chi connectivity index (χ0) is 13.8. The number of nitrogens with one attached hydrogen (secondary N) is 1. The second-order valence-corrected chi connectivity index (χ2v) is 7.10. The molecule has 1 aromatic carbocycles. The molecule has 20 heavy (non-hydrogen) atoms. The van der Waals surface area contributed by atoms with Crippen molar-refractivity contribution < 1.29 is 0 Å². The molecular formula is C17H26N2S. The smallest absolute Gasteiger partial charge is 0.0221 e. The molecule has 2 aliphatic heterocycles. The number of hydrogen-bond acceptors (Lipinski definition) is 3. The molecule has 0 spiro atoms. The number of hydrogen-bond donors (Lipinski definition) is 1. The third kappa shape index (κ3) is 3.21. The molecule has 1 N–H and O–H groups in total. The lowest BCUT2D eigenvalue weighted by molar-refractivity contribution is 0.237. The molecule has 0 bridgehead atoms. The van der Waals surface area contributed by atoms with Crippen molar-refractivity contribution in [2.45, 2.75) is 43.0 Å². The summed E-state index contributed by atoms with van der Waals surface area (Å²) in [5, 5.41) is 3.60. The van der Waals surface area contributed by atoms with Gasteiger partial charge >= 0.3 is 0 Å². The van der Waals surface area contributed by atoms with Gasteiger partial charge in [0, 0.05) is 35.7 Å². The second-order valence-electron chi connectivity index (χ2n) is 6.04. The molecule has 0 radical (unpaired) electrons. The molecule has 0 saturated carbocycles. The van der Waals surface area contributed by atoms with E-state index in [1.165, 1.54) is 49.5 Å². The quantitative estimate of drug-likeness (QED) is 0.809. The normalized spacial score (nSPS) is 26.1. The van der Waals surface area contributed by atoms with Gasteiger partial charge in [0.1, 0.15) is 0 Å². The van der Waals surface area contributed by atoms with Crippen molar-refractivity contribution in [3.05, 3.63) is 29.8 Å². The van der Waals surface area contributed by atoms with Crippen LogP contribution in [0.4, 0.5) is 0 Å². The number of fused-ring (bicyclic) bond motifs is 1.